The monoisotopic (exact) mass is 443 g/mol. The SMILES string of the molecule is CCN(CC)CCN(C(=O)Cc1ccc(-c2ccccc2)cc1)c1nc2ccccc2s1. The standard InChI is InChI=1S/C27H29N3OS/c1-3-29(4-2)18-19-30(27-28-24-12-8-9-13-25(24)32-27)26(31)20-21-14-16-23(17-15-21)22-10-6-5-7-11-22/h5-17H,3-4,18-20H2,1-2H3. The normalized spacial score (nSPS) is 11.2. The average Bonchev–Trinajstić information content (AvgIpc) is 3.26. The third kappa shape index (κ3) is 5.23. The minimum atomic E-state index is 0.0867. The minimum absolute atomic E-state index is 0.0867. The van der Waals surface area contributed by atoms with E-state index in [9.17, 15) is 4.79 Å². The van der Waals surface area contributed by atoms with Gasteiger partial charge < -0.3 is 4.90 Å². The molecule has 1 heterocycles. The van der Waals surface area contributed by atoms with Crippen LogP contribution >= 0.6 is 11.3 Å². The van der Waals surface area contributed by atoms with Gasteiger partial charge in [0.2, 0.25) is 5.91 Å². The molecular formula is C27H29N3OS. The van der Waals surface area contributed by atoms with E-state index < -0.39 is 0 Å². The molecule has 4 aromatic rings. The lowest BCUT2D eigenvalue weighted by Gasteiger charge is -2.24. The Morgan fingerprint density at radius 1 is 0.812 bits per heavy atom. The molecule has 0 spiro atoms. The molecule has 5 heteroatoms. The van der Waals surface area contributed by atoms with E-state index >= 15 is 0 Å². The zero-order chi connectivity index (χ0) is 22.3. The fraction of sp³-hybridized carbons (Fsp3) is 0.259. The summed E-state index contributed by atoms with van der Waals surface area (Å²) in [6.45, 7) is 7.73. The van der Waals surface area contributed by atoms with Gasteiger partial charge in [-0.3, -0.25) is 9.69 Å². The van der Waals surface area contributed by atoms with Gasteiger partial charge in [-0.1, -0.05) is 91.9 Å². The molecular weight excluding hydrogens is 414 g/mol. The highest BCUT2D eigenvalue weighted by Gasteiger charge is 2.20. The molecule has 164 valence electrons. The Labute approximate surface area is 194 Å². The number of carbonyl (C=O) groups excluding carboxylic acids is 1. The summed E-state index contributed by atoms with van der Waals surface area (Å²) < 4.78 is 1.11. The smallest absolute Gasteiger partial charge is 0.233 e. The van der Waals surface area contributed by atoms with E-state index in [2.05, 4.69) is 61.2 Å². The Morgan fingerprint density at radius 2 is 1.47 bits per heavy atom. The molecule has 0 fully saturated rings. The van der Waals surface area contributed by atoms with Crippen LogP contribution in [-0.4, -0.2) is 42.0 Å². The number of fused-ring (bicyclic) bond motifs is 1. The molecule has 32 heavy (non-hydrogen) atoms. The summed E-state index contributed by atoms with van der Waals surface area (Å²) >= 11 is 1.59. The van der Waals surface area contributed by atoms with Crippen LogP contribution in [0.4, 0.5) is 5.13 Å². The lowest BCUT2D eigenvalue weighted by molar-refractivity contribution is -0.118. The van der Waals surface area contributed by atoms with Gasteiger partial charge in [0.05, 0.1) is 16.6 Å². The van der Waals surface area contributed by atoms with Gasteiger partial charge in [-0.2, -0.15) is 0 Å². The van der Waals surface area contributed by atoms with Crippen LogP contribution in [0.15, 0.2) is 78.9 Å². The Hall–Kier alpha value is -3.02. The number of rotatable bonds is 9. The highest BCUT2D eigenvalue weighted by Crippen LogP contribution is 2.29. The third-order valence-corrected chi connectivity index (χ3v) is 6.82. The number of thiazole rings is 1. The predicted molar refractivity (Wildman–Crippen MR) is 135 cm³/mol. The summed E-state index contributed by atoms with van der Waals surface area (Å²) in [5.41, 5.74) is 4.30. The van der Waals surface area contributed by atoms with Crippen molar-refractivity contribution in [1.29, 1.82) is 0 Å². The van der Waals surface area contributed by atoms with Crippen molar-refractivity contribution in [3.05, 3.63) is 84.4 Å². The third-order valence-electron chi connectivity index (χ3n) is 5.77. The Bertz CT molecular complexity index is 1120. The van der Waals surface area contributed by atoms with E-state index in [-0.39, 0.29) is 5.91 Å². The molecule has 1 aromatic heterocycles. The van der Waals surface area contributed by atoms with Crippen molar-refractivity contribution in [2.45, 2.75) is 20.3 Å². The first kappa shape index (κ1) is 22.2. The van der Waals surface area contributed by atoms with Crippen molar-refractivity contribution in [3.8, 4) is 11.1 Å². The number of nitrogens with zero attached hydrogens (tertiary/aromatic N) is 3. The van der Waals surface area contributed by atoms with Gasteiger partial charge in [-0.25, -0.2) is 4.98 Å². The van der Waals surface area contributed by atoms with E-state index in [1.807, 2.05) is 41.3 Å². The van der Waals surface area contributed by atoms with Crippen LogP contribution in [0.5, 0.6) is 0 Å². The topological polar surface area (TPSA) is 36.4 Å². The van der Waals surface area contributed by atoms with Crippen LogP contribution in [0.1, 0.15) is 19.4 Å². The van der Waals surface area contributed by atoms with Crippen LogP contribution in [0.2, 0.25) is 0 Å². The number of aromatic nitrogens is 1. The van der Waals surface area contributed by atoms with Crippen molar-refractivity contribution in [2.24, 2.45) is 0 Å². The zero-order valence-corrected chi connectivity index (χ0v) is 19.5. The van der Waals surface area contributed by atoms with Gasteiger partial charge in [0.15, 0.2) is 5.13 Å². The summed E-state index contributed by atoms with van der Waals surface area (Å²) in [4.78, 5) is 22.4. The number of anilines is 1. The zero-order valence-electron chi connectivity index (χ0n) is 18.7. The molecule has 4 nitrogen and oxygen atoms in total. The molecule has 0 atom stereocenters. The first-order valence-corrected chi connectivity index (χ1v) is 12.0. The molecule has 3 aromatic carbocycles. The van der Waals surface area contributed by atoms with Crippen LogP contribution < -0.4 is 4.90 Å². The number of likely N-dealkylation sites (N-methyl/N-ethyl adjacent to an activating group) is 1. The lowest BCUT2D eigenvalue weighted by atomic mass is 10.0. The van der Waals surface area contributed by atoms with Gasteiger partial charge in [0.25, 0.3) is 0 Å². The highest BCUT2D eigenvalue weighted by atomic mass is 32.1. The van der Waals surface area contributed by atoms with Crippen molar-refractivity contribution >= 4 is 32.6 Å². The Balaban J connectivity index is 1.54. The number of carbonyl (C=O) groups is 1. The maximum atomic E-state index is 13.4. The molecule has 0 bridgehead atoms. The second-order valence-corrected chi connectivity index (χ2v) is 8.79. The molecule has 0 saturated carbocycles. The first-order chi connectivity index (χ1) is 15.7. The molecule has 1 amide bonds. The summed E-state index contributed by atoms with van der Waals surface area (Å²) in [5, 5.41) is 0.782. The molecule has 0 saturated heterocycles. The van der Waals surface area contributed by atoms with E-state index in [1.165, 1.54) is 5.56 Å². The maximum absolute atomic E-state index is 13.4. The van der Waals surface area contributed by atoms with E-state index in [1.54, 1.807) is 11.3 Å². The van der Waals surface area contributed by atoms with Crippen molar-refractivity contribution in [2.75, 3.05) is 31.1 Å². The number of amides is 1. The quantitative estimate of drug-likeness (QED) is 0.324. The van der Waals surface area contributed by atoms with Gasteiger partial charge in [-0.05, 0) is 41.9 Å². The predicted octanol–water partition coefficient (Wildman–Crippen LogP) is 5.88. The van der Waals surface area contributed by atoms with Gasteiger partial charge in [0.1, 0.15) is 0 Å². The molecule has 0 unspecified atom stereocenters. The molecule has 0 N–H and O–H groups in total. The lowest BCUT2D eigenvalue weighted by Crippen LogP contribution is -2.39. The number of hydrogen-bond acceptors (Lipinski definition) is 4. The molecule has 0 radical (unpaired) electrons. The molecule has 0 aliphatic carbocycles. The van der Waals surface area contributed by atoms with Gasteiger partial charge in [0, 0.05) is 13.1 Å². The van der Waals surface area contributed by atoms with Crippen LogP contribution in [-0.2, 0) is 11.2 Å². The minimum Gasteiger partial charge on any atom is -0.302 e. The molecule has 0 aliphatic rings. The fourth-order valence-electron chi connectivity index (χ4n) is 3.80. The summed E-state index contributed by atoms with van der Waals surface area (Å²) in [7, 11) is 0. The fourth-order valence-corrected chi connectivity index (χ4v) is 4.81. The van der Waals surface area contributed by atoms with Crippen LogP contribution in [0, 0.1) is 0 Å². The van der Waals surface area contributed by atoms with Gasteiger partial charge >= 0.3 is 0 Å². The van der Waals surface area contributed by atoms with Crippen molar-refractivity contribution < 1.29 is 4.79 Å². The molecule has 0 aliphatic heterocycles. The number of benzene rings is 3. The summed E-state index contributed by atoms with van der Waals surface area (Å²) in [6.07, 6.45) is 0.364. The largest absolute Gasteiger partial charge is 0.302 e. The average molecular weight is 444 g/mol. The van der Waals surface area contributed by atoms with Crippen LogP contribution in [0.25, 0.3) is 21.3 Å². The van der Waals surface area contributed by atoms with E-state index in [0.717, 1.165) is 46.1 Å². The highest BCUT2D eigenvalue weighted by molar-refractivity contribution is 7.22. The summed E-state index contributed by atoms with van der Waals surface area (Å²) in [5.74, 6) is 0.0867. The van der Waals surface area contributed by atoms with E-state index in [0.29, 0.717) is 13.0 Å². The first-order valence-electron chi connectivity index (χ1n) is 11.2. The maximum Gasteiger partial charge on any atom is 0.233 e. The molecule has 4 rings (SSSR count). The Morgan fingerprint density at radius 3 is 2.16 bits per heavy atom. The second-order valence-electron chi connectivity index (χ2n) is 7.78. The van der Waals surface area contributed by atoms with Crippen molar-refractivity contribution in [3.63, 3.8) is 0 Å². The Kier molecular flexibility index (Phi) is 7.30. The van der Waals surface area contributed by atoms with Crippen molar-refractivity contribution in [1.82, 2.24) is 9.88 Å². The van der Waals surface area contributed by atoms with E-state index in [4.69, 9.17) is 4.98 Å². The second kappa shape index (κ2) is 10.5. The number of hydrogen-bond donors (Lipinski definition) is 0. The van der Waals surface area contributed by atoms with Crippen LogP contribution in [0.3, 0.4) is 0 Å². The number of para-hydroxylation sites is 1. The van der Waals surface area contributed by atoms with Gasteiger partial charge in [-0.15, -0.1) is 0 Å². The summed E-state index contributed by atoms with van der Waals surface area (Å²) in [6, 6.07) is 26.7.